The Bertz CT molecular complexity index is 927. The molecular weight excluding hydrogens is 454 g/mol. The molecule has 1 atom stereocenters. The van der Waals surface area contributed by atoms with Gasteiger partial charge in [-0.3, -0.25) is 14.2 Å². The summed E-state index contributed by atoms with van der Waals surface area (Å²) < 4.78 is 7.63. The van der Waals surface area contributed by atoms with E-state index in [4.69, 9.17) is 9.72 Å². The minimum atomic E-state index is -0.324. The van der Waals surface area contributed by atoms with Gasteiger partial charge in [-0.2, -0.15) is 0 Å². The normalized spacial score (nSPS) is 16.1. The van der Waals surface area contributed by atoms with Crippen LogP contribution in [-0.2, 0) is 16.1 Å². The van der Waals surface area contributed by atoms with Crippen LogP contribution in [0.4, 0.5) is 0 Å². The molecule has 1 heterocycles. The van der Waals surface area contributed by atoms with Crippen molar-refractivity contribution in [3.05, 3.63) is 33.0 Å². The number of nitrogens with zero attached hydrogens (tertiary/aromatic N) is 3. The Morgan fingerprint density at radius 3 is 2.79 bits per heavy atom. The number of hydrogen-bond donors (Lipinski definition) is 0. The summed E-state index contributed by atoms with van der Waals surface area (Å²) in [6.07, 6.45) is 5.76. The number of hydrogen-bond acceptors (Lipinski definition) is 5. The number of fused-ring (bicyclic) bond motifs is 1. The van der Waals surface area contributed by atoms with E-state index in [-0.39, 0.29) is 16.7 Å². The average Bonchev–Trinajstić information content (AvgIpc) is 2.73. The van der Waals surface area contributed by atoms with E-state index in [9.17, 15) is 9.59 Å². The molecule has 1 fully saturated rings. The Morgan fingerprint density at radius 2 is 2.10 bits per heavy atom. The van der Waals surface area contributed by atoms with Gasteiger partial charge in [0.05, 0.1) is 29.3 Å². The number of thioether (sulfide) groups is 1. The average molecular weight is 482 g/mol. The molecule has 1 saturated carbocycles. The molecule has 1 unspecified atom stereocenters. The highest BCUT2D eigenvalue weighted by molar-refractivity contribution is 9.10. The van der Waals surface area contributed by atoms with Crippen LogP contribution >= 0.6 is 27.7 Å². The molecule has 29 heavy (non-hydrogen) atoms. The van der Waals surface area contributed by atoms with E-state index in [1.807, 2.05) is 31.0 Å². The standard InChI is InChI=1S/C21H28BrN3O3S/c1-14(19(26)24(2)16-7-5-4-6-8-16)29-21-23-18-10-9-15(22)13-17(18)20(27)25(21)11-12-28-3/h9-10,13-14,16H,4-8,11-12H2,1-3H3. The van der Waals surface area contributed by atoms with Crippen molar-refractivity contribution in [1.29, 1.82) is 0 Å². The van der Waals surface area contributed by atoms with E-state index < -0.39 is 0 Å². The van der Waals surface area contributed by atoms with Crippen molar-refractivity contribution in [3.63, 3.8) is 0 Å². The lowest BCUT2D eigenvalue weighted by Crippen LogP contribution is -2.42. The fraction of sp³-hybridized carbons (Fsp3) is 0.571. The number of rotatable bonds is 7. The van der Waals surface area contributed by atoms with Crippen molar-refractivity contribution in [3.8, 4) is 0 Å². The van der Waals surface area contributed by atoms with Crippen molar-refractivity contribution < 1.29 is 9.53 Å². The van der Waals surface area contributed by atoms with Crippen LogP contribution in [0.15, 0.2) is 32.6 Å². The molecule has 0 bridgehead atoms. The summed E-state index contributed by atoms with van der Waals surface area (Å²) in [5.41, 5.74) is 0.519. The number of ether oxygens (including phenoxy) is 1. The molecule has 1 aromatic carbocycles. The summed E-state index contributed by atoms with van der Waals surface area (Å²) in [5, 5.41) is 0.786. The van der Waals surface area contributed by atoms with Crippen molar-refractivity contribution in [2.24, 2.45) is 0 Å². The molecule has 8 heteroatoms. The molecule has 6 nitrogen and oxygen atoms in total. The van der Waals surface area contributed by atoms with E-state index in [1.165, 1.54) is 31.0 Å². The number of aromatic nitrogens is 2. The third-order valence-corrected chi connectivity index (χ3v) is 7.07. The van der Waals surface area contributed by atoms with Gasteiger partial charge < -0.3 is 9.64 Å². The SMILES string of the molecule is COCCn1c(SC(C)C(=O)N(C)C2CCCCC2)nc2ccc(Br)cc2c1=O. The van der Waals surface area contributed by atoms with Crippen molar-refractivity contribution in [2.75, 3.05) is 20.8 Å². The third kappa shape index (κ3) is 5.22. The van der Waals surface area contributed by atoms with Gasteiger partial charge in [-0.15, -0.1) is 0 Å². The first-order valence-electron chi connectivity index (χ1n) is 10.0. The lowest BCUT2D eigenvalue weighted by atomic mass is 9.94. The molecule has 0 aliphatic heterocycles. The quantitative estimate of drug-likeness (QED) is 0.440. The van der Waals surface area contributed by atoms with E-state index in [1.54, 1.807) is 17.7 Å². The van der Waals surface area contributed by atoms with Crippen LogP contribution < -0.4 is 5.56 Å². The van der Waals surface area contributed by atoms with Gasteiger partial charge in [0.25, 0.3) is 5.56 Å². The maximum Gasteiger partial charge on any atom is 0.262 e. The highest BCUT2D eigenvalue weighted by atomic mass is 79.9. The van der Waals surface area contributed by atoms with Gasteiger partial charge in [0.2, 0.25) is 5.91 Å². The molecule has 1 amide bonds. The van der Waals surface area contributed by atoms with E-state index in [0.29, 0.717) is 35.3 Å². The van der Waals surface area contributed by atoms with Gasteiger partial charge in [-0.05, 0) is 38.0 Å². The van der Waals surface area contributed by atoms with Gasteiger partial charge in [0.1, 0.15) is 0 Å². The molecule has 1 aliphatic rings. The molecule has 2 aromatic rings. The third-order valence-electron chi connectivity index (χ3n) is 5.50. The van der Waals surface area contributed by atoms with Crippen LogP contribution in [0.1, 0.15) is 39.0 Å². The van der Waals surface area contributed by atoms with Crippen LogP contribution in [0.2, 0.25) is 0 Å². The number of benzene rings is 1. The Morgan fingerprint density at radius 1 is 1.38 bits per heavy atom. The van der Waals surface area contributed by atoms with Crippen LogP contribution in [0.5, 0.6) is 0 Å². The molecule has 0 spiro atoms. The van der Waals surface area contributed by atoms with Crippen LogP contribution in [-0.4, -0.2) is 52.4 Å². The summed E-state index contributed by atoms with van der Waals surface area (Å²) in [6, 6.07) is 5.80. The van der Waals surface area contributed by atoms with Crippen molar-refractivity contribution in [2.45, 2.75) is 62.0 Å². The summed E-state index contributed by atoms with van der Waals surface area (Å²) in [7, 11) is 3.51. The van der Waals surface area contributed by atoms with Crippen molar-refractivity contribution >= 4 is 44.5 Å². The van der Waals surface area contributed by atoms with Gasteiger partial charge in [0.15, 0.2) is 5.16 Å². The fourth-order valence-corrected chi connectivity index (χ4v) is 5.18. The lowest BCUT2D eigenvalue weighted by Gasteiger charge is -2.32. The molecular formula is C21H28BrN3O3S. The van der Waals surface area contributed by atoms with E-state index in [0.717, 1.165) is 17.3 Å². The van der Waals surface area contributed by atoms with E-state index >= 15 is 0 Å². The minimum Gasteiger partial charge on any atom is -0.383 e. The molecule has 1 aromatic heterocycles. The van der Waals surface area contributed by atoms with Gasteiger partial charge in [-0.1, -0.05) is 47.0 Å². The highest BCUT2D eigenvalue weighted by Gasteiger charge is 2.27. The zero-order valence-electron chi connectivity index (χ0n) is 17.2. The first kappa shape index (κ1) is 22.3. The summed E-state index contributed by atoms with van der Waals surface area (Å²) in [5.74, 6) is 0.0883. The second-order valence-corrected chi connectivity index (χ2v) is 9.73. The largest absolute Gasteiger partial charge is 0.383 e. The number of halogens is 1. The maximum atomic E-state index is 13.1. The van der Waals surface area contributed by atoms with Gasteiger partial charge in [0, 0.05) is 24.7 Å². The minimum absolute atomic E-state index is 0.0883. The second kappa shape index (κ2) is 10.1. The Labute approximate surface area is 184 Å². The monoisotopic (exact) mass is 481 g/mol. The highest BCUT2D eigenvalue weighted by Crippen LogP contribution is 2.27. The second-order valence-electron chi connectivity index (χ2n) is 7.51. The zero-order chi connectivity index (χ0) is 21.0. The number of amides is 1. The first-order valence-corrected chi connectivity index (χ1v) is 11.7. The molecule has 0 radical (unpaired) electrons. The van der Waals surface area contributed by atoms with Gasteiger partial charge >= 0.3 is 0 Å². The number of carbonyl (C=O) groups excluding carboxylic acids is 1. The first-order chi connectivity index (χ1) is 13.9. The maximum absolute atomic E-state index is 13.1. The van der Waals surface area contributed by atoms with E-state index in [2.05, 4.69) is 15.9 Å². The molecule has 0 N–H and O–H groups in total. The predicted octanol–water partition coefficient (Wildman–Crippen LogP) is 4.08. The zero-order valence-corrected chi connectivity index (χ0v) is 19.6. The van der Waals surface area contributed by atoms with Crippen LogP contribution in [0.25, 0.3) is 10.9 Å². The lowest BCUT2D eigenvalue weighted by molar-refractivity contribution is -0.131. The Kier molecular flexibility index (Phi) is 7.76. The topological polar surface area (TPSA) is 64.4 Å². The summed E-state index contributed by atoms with van der Waals surface area (Å²) in [6.45, 7) is 2.69. The fourth-order valence-electron chi connectivity index (χ4n) is 3.79. The Hall–Kier alpha value is -1.38. The van der Waals surface area contributed by atoms with Crippen LogP contribution in [0, 0.1) is 0 Å². The van der Waals surface area contributed by atoms with Gasteiger partial charge in [-0.25, -0.2) is 4.98 Å². The molecule has 158 valence electrons. The smallest absolute Gasteiger partial charge is 0.262 e. The Balaban J connectivity index is 1.88. The van der Waals surface area contributed by atoms with Crippen LogP contribution in [0.3, 0.4) is 0 Å². The molecule has 1 aliphatic carbocycles. The van der Waals surface area contributed by atoms with Crippen molar-refractivity contribution in [1.82, 2.24) is 14.5 Å². The summed E-state index contributed by atoms with van der Waals surface area (Å²) in [4.78, 5) is 32.7. The predicted molar refractivity (Wildman–Crippen MR) is 121 cm³/mol. The molecule has 0 saturated heterocycles. The number of methoxy groups -OCH3 is 1. The molecule has 3 rings (SSSR count). The number of carbonyl (C=O) groups is 1. The summed E-state index contributed by atoms with van der Waals surface area (Å²) >= 11 is 4.77.